The fraction of sp³-hybridized carbons (Fsp3) is 0.129. The summed E-state index contributed by atoms with van der Waals surface area (Å²) in [6.07, 6.45) is 17.8. The summed E-state index contributed by atoms with van der Waals surface area (Å²) < 4.78 is 0. The Labute approximate surface area is 217 Å². The topological polar surface area (TPSA) is 66.0 Å². The van der Waals surface area contributed by atoms with Gasteiger partial charge in [0.1, 0.15) is 6.33 Å². The molecule has 0 saturated heterocycles. The van der Waals surface area contributed by atoms with Gasteiger partial charge in [0, 0.05) is 49.5 Å². The lowest BCUT2D eigenvalue weighted by molar-refractivity contribution is 0.389. The number of aromatic nitrogens is 3. The molecule has 2 N–H and O–H groups in total. The molecule has 0 spiro atoms. The lowest BCUT2D eigenvalue weighted by Crippen LogP contribution is -2.32. The van der Waals surface area contributed by atoms with Crippen molar-refractivity contribution in [3.63, 3.8) is 0 Å². The van der Waals surface area contributed by atoms with Crippen LogP contribution in [0.25, 0.3) is 39.1 Å². The third kappa shape index (κ3) is 4.67. The third-order valence-electron chi connectivity index (χ3n) is 6.87. The molecule has 4 heterocycles. The number of nitrogens with zero attached hydrogens (tertiary/aromatic N) is 4. The van der Waals surface area contributed by atoms with E-state index < -0.39 is 0 Å². The van der Waals surface area contributed by atoms with Crippen molar-refractivity contribution in [2.45, 2.75) is 6.04 Å². The molecule has 6 nitrogen and oxygen atoms in total. The van der Waals surface area contributed by atoms with Gasteiger partial charge in [-0.05, 0) is 69.9 Å². The van der Waals surface area contributed by atoms with E-state index in [1.807, 2.05) is 36.8 Å². The number of hydrogen-bond acceptors (Lipinski definition) is 6. The quantitative estimate of drug-likeness (QED) is 0.394. The summed E-state index contributed by atoms with van der Waals surface area (Å²) in [6.45, 7) is 1.60. The molecule has 2 aliphatic heterocycles. The highest BCUT2D eigenvalue weighted by Gasteiger charge is 2.21. The first-order valence-electron chi connectivity index (χ1n) is 12.4. The number of allylic oxidation sites excluding steroid dienone is 2. The molecular formula is C31H28N6. The lowest BCUT2D eigenvalue weighted by atomic mass is 9.88. The van der Waals surface area contributed by atoms with Crippen LogP contribution in [0.15, 0.2) is 110 Å². The second-order valence-electron chi connectivity index (χ2n) is 9.22. The van der Waals surface area contributed by atoms with Crippen molar-refractivity contribution >= 4 is 5.57 Å². The van der Waals surface area contributed by atoms with E-state index in [1.54, 1.807) is 6.33 Å². The van der Waals surface area contributed by atoms with Gasteiger partial charge in [-0.3, -0.25) is 10.3 Å². The van der Waals surface area contributed by atoms with Gasteiger partial charge in [-0.25, -0.2) is 9.97 Å². The number of rotatable bonds is 5. The van der Waals surface area contributed by atoms with Crippen LogP contribution in [0.3, 0.4) is 0 Å². The first-order chi connectivity index (χ1) is 18.3. The molecule has 0 saturated carbocycles. The first kappa shape index (κ1) is 22.9. The van der Waals surface area contributed by atoms with Crippen molar-refractivity contribution in [3.8, 4) is 33.5 Å². The highest BCUT2D eigenvalue weighted by atomic mass is 15.1. The predicted octanol–water partition coefficient (Wildman–Crippen LogP) is 5.42. The van der Waals surface area contributed by atoms with Crippen LogP contribution < -0.4 is 10.6 Å². The summed E-state index contributed by atoms with van der Waals surface area (Å²) in [5.41, 5.74) is 10.1. The second-order valence-corrected chi connectivity index (χ2v) is 9.22. The van der Waals surface area contributed by atoms with Gasteiger partial charge in [0.2, 0.25) is 0 Å². The number of likely N-dealkylation sites (N-methyl/N-ethyl adjacent to an activating group) is 1. The van der Waals surface area contributed by atoms with Crippen LogP contribution in [0.5, 0.6) is 0 Å². The third-order valence-corrected chi connectivity index (χ3v) is 6.87. The lowest BCUT2D eigenvalue weighted by Gasteiger charge is -2.30. The Balaban J connectivity index is 1.49. The molecule has 2 aliphatic rings. The van der Waals surface area contributed by atoms with Crippen LogP contribution in [-0.2, 0) is 0 Å². The summed E-state index contributed by atoms with van der Waals surface area (Å²) in [5, 5.41) is 6.79. The molecule has 2 aromatic carbocycles. The zero-order chi connectivity index (χ0) is 25.0. The molecule has 37 heavy (non-hydrogen) atoms. The Morgan fingerprint density at radius 2 is 1.70 bits per heavy atom. The van der Waals surface area contributed by atoms with Gasteiger partial charge in [-0.15, -0.1) is 0 Å². The standard InChI is InChI=1S/C31H28N6/c1-37-13-5-3-7-31(37)27-11-9-23(15-29(27)25-18-34-21-35-19-25)22-8-10-26(30-6-2-4-12-36-30)28(14-22)24-16-32-20-33-17-24/h2-18,20,31,34-35H,19,21H2,1H3. The average molecular weight is 485 g/mol. The predicted molar refractivity (Wildman–Crippen MR) is 149 cm³/mol. The van der Waals surface area contributed by atoms with E-state index in [0.717, 1.165) is 46.7 Å². The molecular weight excluding hydrogens is 456 g/mol. The number of nitrogens with one attached hydrogen (secondary N) is 2. The minimum absolute atomic E-state index is 0.181. The maximum Gasteiger partial charge on any atom is 0.115 e. The average Bonchev–Trinajstić information content (AvgIpc) is 2.98. The Bertz CT molecular complexity index is 1490. The van der Waals surface area contributed by atoms with Crippen molar-refractivity contribution in [1.29, 1.82) is 0 Å². The Morgan fingerprint density at radius 1 is 0.865 bits per heavy atom. The molecule has 0 aliphatic carbocycles. The summed E-state index contributed by atoms with van der Waals surface area (Å²) in [7, 11) is 2.12. The minimum atomic E-state index is 0.181. The summed E-state index contributed by atoms with van der Waals surface area (Å²) in [4.78, 5) is 15.4. The Kier molecular flexibility index (Phi) is 6.31. The molecule has 0 amide bonds. The van der Waals surface area contributed by atoms with E-state index in [4.69, 9.17) is 0 Å². The Morgan fingerprint density at radius 3 is 2.46 bits per heavy atom. The van der Waals surface area contributed by atoms with Gasteiger partial charge in [-0.1, -0.05) is 42.5 Å². The van der Waals surface area contributed by atoms with Crippen LogP contribution >= 0.6 is 0 Å². The van der Waals surface area contributed by atoms with Crippen molar-refractivity contribution < 1.29 is 0 Å². The second kappa shape index (κ2) is 10.2. The maximum atomic E-state index is 4.60. The maximum absolute atomic E-state index is 4.60. The van der Waals surface area contributed by atoms with Crippen molar-refractivity contribution in [1.82, 2.24) is 30.5 Å². The smallest absolute Gasteiger partial charge is 0.115 e. The van der Waals surface area contributed by atoms with Crippen LogP contribution in [0.4, 0.5) is 0 Å². The molecule has 1 atom stereocenters. The summed E-state index contributed by atoms with van der Waals surface area (Å²) >= 11 is 0. The molecule has 4 aromatic rings. The van der Waals surface area contributed by atoms with Gasteiger partial charge >= 0.3 is 0 Å². The normalized spacial score (nSPS) is 16.8. The van der Waals surface area contributed by atoms with E-state index in [2.05, 4.69) is 105 Å². The number of hydrogen-bond donors (Lipinski definition) is 2. The van der Waals surface area contributed by atoms with E-state index in [0.29, 0.717) is 0 Å². The van der Waals surface area contributed by atoms with Crippen LogP contribution in [0.2, 0.25) is 0 Å². The van der Waals surface area contributed by atoms with Crippen LogP contribution in [-0.4, -0.2) is 40.1 Å². The summed E-state index contributed by atoms with van der Waals surface area (Å²) in [6, 6.07) is 19.5. The van der Waals surface area contributed by atoms with Crippen molar-refractivity contribution in [3.05, 3.63) is 121 Å². The molecule has 0 fully saturated rings. The molecule has 2 aromatic heterocycles. The van der Waals surface area contributed by atoms with E-state index in [9.17, 15) is 0 Å². The van der Waals surface area contributed by atoms with Crippen molar-refractivity contribution in [2.24, 2.45) is 0 Å². The SMILES string of the molecule is CN1C=CC=CC1c1ccc(-c2ccc(-c3ccccn3)c(-c3cncnc3)c2)cc1C1=CNCNC1. The van der Waals surface area contributed by atoms with Gasteiger partial charge in [0.15, 0.2) is 0 Å². The van der Waals surface area contributed by atoms with Crippen LogP contribution in [0.1, 0.15) is 17.2 Å². The van der Waals surface area contributed by atoms with Crippen LogP contribution in [0, 0.1) is 0 Å². The monoisotopic (exact) mass is 484 g/mol. The van der Waals surface area contributed by atoms with E-state index in [1.165, 1.54) is 16.7 Å². The first-order valence-corrected chi connectivity index (χ1v) is 12.4. The largest absolute Gasteiger partial charge is 0.378 e. The fourth-order valence-corrected chi connectivity index (χ4v) is 4.99. The molecule has 0 bridgehead atoms. The molecule has 6 heteroatoms. The van der Waals surface area contributed by atoms with E-state index in [-0.39, 0.29) is 6.04 Å². The zero-order valence-electron chi connectivity index (χ0n) is 20.7. The molecule has 0 radical (unpaired) electrons. The van der Waals surface area contributed by atoms with E-state index >= 15 is 0 Å². The summed E-state index contributed by atoms with van der Waals surface area (Å²) in [5.74, 6) is 0. The minimum Gasteiger partial charge on any atom is -0.378 e. The molecule has 6 rings (SSSR count). The number of pyridine rings is 1. The van der Waals surface area contributed by atoms with Gasteiger partial charge in [-0.2, -0.15) is 0 Å². The van der Waals surface area contributed by atoms with Crippen molar-refractivity contribution in [2.75, 3.05) is 20.3 Å². The van der Waals surface area contributed by atoms with Gasteiger partial charge in [0.05, 0.1) is 18.4 Å². The van der Waals surface area contributed by atoms with Gasteiger partial charge in [0.25, 0.3) is 0 Å². The fourth-order valence-electron chi connectivity index (χ4n) is 4.99. The number of benzene rings is 2. The Hall–Kier alpha value is -4.55. The zero-order valence-corrected chi connectivity index (χ0v) is 20.7. The molecule has 1 unspecified atom stereocenters. The highest BCUT2D eigenvalue weighted by Crippen LogP contribution is 2.37. The highest BCUT2D eigenvalue weighted by molar-refractivity contribution is 5.86. The van der Waals surface area contributed by atoms with Gasteiger partial charge < -0.3 is 10.2 Å². The molecule has 182 valence electrons.